The average Bonchev–Trinajstić information content (AvgIpc) is 2.90. The van der Waals surface area contributed by atoms with Gasteiger partial charge in [0.25, 0.3) is 5.91 Å². The van der Waals surface area contributed by atoms with E-state index in [1.54, 1.807) is 14.2 Å². The van der Waals surface area contributed by atoms with Crippen LogP contribution < -0.4 is 15.4 Å². The van der Waals surface area contributed by atoms with E-state index in [0.29, 0.717) is 24.4 Å². The summed E-state index contributed by atoms with van der Waals surface area (Å²) in [5.74, 6) is 0.499. The number of ether oxygens (including phenoxy) is 2. The van der Waals surface area contributed by atoms with Crippen LogP contribution in [0.2, 0.25) is 0 Å². The summed E-state index contributed by atoms with van der Waals surface area (Å²) >= 11 is 0. The quantitative estimate of drug-likeness (QED) is 0.775. The number of nitrogens with one attached hydrogen (secondary N) is 3. The SMILES string of the molecule is CNC(=O)c1[nH]c2ccc(OC)cc2c1CCNC(=O)OC(C)(C)C. The molecule has 25 heavy (non-hydrogen) atoms. The predicted octanol–water partition coefficient (Wildman–Crippen LogP) is 2.60. The molecule has 0 aliphatic heterocycles. The number of hydrogen-bond donors (Lipinski definition) is 3. The number of methoxy groups -OCH3 is 1. The first-order chi connectivity index (χ1) is 11.7. The number of aromatic amines is 1. The van der Waals surface area contributed by atoms with Gasteiger partial charge in [0.2, 0.25) is 0 Å². The van der Waals surface area contributed by atoms with Crippen LogP contribution >= 0.6 is 0 Å². The van der Waals surface area contributed by atoms with Crippen molar-refractivity contribution in [1.82, 2.24) is 15.6 Å². The molecule has 0 saturated carbocycles. The van der Waals surface area contributed by atoms with Gasteiger partial charge in [-0.05, 0) is 51.0 Å². The molecular formula is C18H25N3O4. The van der Waals surface area contributed by atoms with Gasteiger partial charge in [0, 0.05) is 24.5 Å². The third kappa shape index (κ3) is 4.65. The van der Waals surface area contributed by atoms with Crippen molar-refractivity contribution < 1.29 is 19.1 Å². The number of H-pyrrole nitrogens is 1. The minimum absolute atomic E-state index is 0.206. The number of rotatable bonds is 5. The summed E-state index contributed by atoms with van der Waals surface area (Å²) in [7, 11) is 3.17. The van der Waals surface area contributed by atoms with Gasteiger partial charge in [-0.1, -0.05) is 0 Å². The molecule has 0 saturated heterocycles. The zero-order chi connectivity index (χ0) is 18.6. The van der Waals surface area contributed by atoms with Crippen molar-refractivity contribution >= 4 is 22.9 Å². The molecular weight excluding hydrogens is 322 g/mol. The fraction of sp³-hybridized carbons (Fsp3) is 0.444. The number of carbonyl (C=O) groups excluding carboxylic acids is 2. The highest BCUT2D eigenvalue weighted by Crippen LogP contribution is 2.27. The average molecular weight is 347 g/mol. The highest BCUT2D eigenvalue weighted by Gasteiger charge is 2.19. The highest BCUT2D eigenvalue weighted by molar-refractivity contribution is 6.01. The summed E-state index contributed by atoms with van der Waals surface area (Å²) in [4.78, 5) is 27.1. The number of alkyl carbamates (subject to hydrolysis) is 1. The van der Waals surface area contributed by atoms with Crippen molar-refractivity contribution in [3.05, 3.63) is 29.5 Å². The Morgan fingerprint density at radius 3 is 2.56 bits per heavy atom. The molecule has 0 unspecified atom stereocenters. The maximum absolute atomic E-state index is 12.2. The van der Waals surface area contributed by atoms with E-state index in [-0.39, 0.29) is 5.91 Å². The van der Waals surface area contributed by atoms with E-state index in [9.17, 15) is 9.59 Å². The molecule has 0 fully saturated rings. The Bertz CT molecular complexity index is 774. The normalized spacial score (nSPS) is 11.2. The second-order valence-electron chi connectivity index (χ2n) is 6.65. The molecule has 0 aliphatic rings. The first-order valence-electron chi connectivity index (χ1n) is 8.12. The molecule has 2 rings (SSSR count). The molecule has 1 aromatic carbocycles. The fourth-order valence-electron chi connectivity index (χ4n) is 2.54. The first-order valence-corrected chi connectivity index (χ1v) is 8.12. The van der Waals surface area contributed by atoms with Crippen molar-refractivity contribution in [2.75, 3.05) is 20.7 Å². The van der Waals surface area contributed by atoms with Crippen LogP contribution in [0.5, 0.6) is 5.75 Å². The van der Waals surface area contributed by atoms with E-state index >= 15 is 0 Å². The highest BCUT2D eigenvalue weighted by atomic mass is 16.6. The molecule has 3 N–H and O–H groups in total. The lowest BCUT2D eigenvalue weighted by atomic mass is 10.1. The lowest BCUT2D eigenvalue weighted by molar-refractivity contribution is 0.0528. The molecule has 7 heteroatoms. The molecule has 0 spiro atoms. The maximum Gasteiger partial charge on any atom is 0.407 e. The number of hydrogen-bond acceptors (Lipinski definition) is 4. The lowest BCUT2D eigenvalue weighted by Gasteiger charge is -2.19. The Morgan fingerprint density at radius 1 is 1.24 bits per heavy atom. The van der Waals surface area contributed by atoms with Crippen LogP contribution in [0.1, 0.15) is 36.8 Å². The van der Waals surface area contributed by atoms with Crippen molar-refractivity contribution in [2.24, 2.45) is 0 Å². The molecule has 0 aliphatic carbocycles. The minimum atomic E-state index is -0.550. The Morgan fingerprint density at radius 2 is 1.96 bits per heavy atom. The predicted molar refractivity (Wildman–Crippen MR) is 96.2 cm³/mol. The molecule has 0 bridgehead atoms. The van der Waals surface area contributed by atoms with E-state index in [1.165, 1.54) is 0 Å². The first kappa shape index (κ1) is 18.6. The molecule has 0 radical (unpaired) electrons. The van der Waals surface area contributed by atoms with Crippen LogP contribution in [-0.2, 0) is 11.2 Å². The Kier molecular flexibility index (Phi) is 5.56. The monoisotopic (exact) mass is 347 g/mol. The number of amides is 2. The standard InChI is InChI=1S/C18H25N3O4/c1-18(2,3)25-17(23)20-9-8-12-13-10-11(24-5)6-7-14(13)21-15(12)16(22)19-4/h6-7,10,21H,8-9H2,1-5H3,(H,19,22)(H,20,23). The largest absolute Gasteiger partial charge is 0.497 e. The van der Waals surface area contributed by atoms with E-state index in [1.807, 2.05) is 39.0 Å². The second-order valence-corrected chi connectivity index (χ2v) is 6.65. The van der Waals surface area contributed by atoms with Crippen LogP contribution in [0.3, 0.4) is 0 Å². The van der Waals surface area contributed by atoms with Crippen LogP contribution in [0.25, 0.3) is 10.9 Å². The van der Waals surface area contributed by atoms with Crippen LogP contribution in [0.15, 0.2) is 18.2 Å². The topological polar surface area (TPSA) is 92.5 Å². The number of fused-ring (bicyclic) bond motifs is 1. The van der Waals surface area contributed by atoms with Crippen LogP contribution in [0.4, 0.5) is 4.79 Å². The van der Waals surface area contributed by atoms with Gasteiger partial charge in [0.15, 0.2) is 0 Å². The molecule has 2 aromatic rings. The maximum atomic E-state index is 12.2. The fourth-order valence-corrected chi connectivity index (χ4v) is 2.54. The molecule has 136 valence electrons. The van der Waals surface area contributed by atoms with Crippen molar-refractivity contribution in [3.8, 4) is 5.75 Å². The van der Waals surface area contributed by atoms with Crippen molar-refractivity contribution in [3.63, 3.8) is 0 Å². The van der Waals surface area contributed by atoms with Gasteiger partial charge < -0.3 is 25.1 Å². The van der Waals surface area contributed by atoms with Gasteiger partial charge in [-0.3, -0.25) is 4.79 Å². The summed E-state index contributed by atoms with van der Waals surface area (Å²) in [6.45, 7) is 5.77. The number of benzene rings is 1. The van der Waals surface area contributed by atoms with Gasteiger partial charge in [0.05, 0.1) is 7.11 Å². The van der Waals surface area contributed by atoms with Crippen LogP contribution in [0, 0.1) is 0 Å². The van der Waals surface area contributed by atoms with Gasteiger partial charge in [-0.2, -0.15) is 0 Å². The van der Waals surface area contributed by atoms with E-state index < -0.39 is 11.7 Å². The van der Waals surface area contributed by atoms with E-state index in [2.05, 4.69) is 15.6 Å². The zero-order valence-electron chi connectivity index (χ0n) is 15.3. The summed E-state index contributed by atoms with van der Waals surface area (Å²) in [6, 6.07) is 5.57. The molecule has 0 atom stereocenters. The molecule has 1 heterocycles. The third-order valence-corrected chi connectivity index (χ3v) is 3.61. The van der Waals surface area contributed by atoms with Gasteiger partial charge >= 0.3 is 6.09 Å². The second kappa shape index (κ2) is 7.46. The van der Waals surface area contributed by atoms with Crippen molar-refractivity contribution in [2.45, 2.75) is 32.8 Å². The zero-order valence-corrected chi connectivity index (χ0v) is 15.3. The molecule has 2 amide bonds. The molecule has 1 aromatic heterocycles. The third-order valence-electron chi connectivity index (χ3n) is 3.61. The van der Waals surface area contributed by atoms with Crippen molar-refractivity contribution in [1.29, 1.82) is 0 Å². The van der Waals surface area contributed by atoms with E-state index in [0.717, 1.165) is 16.5 Å². The van der Waals surface area contributed by atoms with Gasteiger partial charge in [-0.25, -0.2) is 4.79 Å². The summed E-state index contributed by atoms with van der Waals surface area (Å²) in [5, 5.41) is 6.24. The van der Waals surface area contributed by atoms with Gasteiger partial charge in [-0.15, -0.1) is 0 Å². The smallest absolute Gasteiger partial charge is 0.407 e. The Labute approximate surface area is 147 Å². The summed E-state index contributed by atoms with van der Waals surface area (Å²) < 4.78 is 10.5. The Balaban J connectivity index is 2.22. The number of carbonyl (C=O) groups is 2. The minimum Gasteiger partial charge on any atom is -0.497 e. The number of aromatic nitrogens is 1. The van der Waals surface area contributed by atoms with Crippen LogP contribution in [-0.4, -0.2) is 43.3 Å². The molecule has 7 nitrogen and oxygen atoms in total. The Hall–Kier alpha value is -2.70. The summed E-state index contributed by atoms with van der Waals surface area (Å²) in [5.41, 5.74) is 1.60. The van der Waals surface area contributed by atoms with Gasteiger partial charge in [0.1, 0.15) is 17.0 Å². The van der Waals surface area contributed by atoms with E-state index in [4.69, 9.17) is 9.47 Å². The summed E-state index contributed by atoms with van der Waals surface area (Å²) in [6.07, 6.45) is 0.00114. The lowest BCUT2D eigenvalue weighted by Crippen LogP contribution is -2.33.